The van der Waals surface area contributed by atoms with E-state index in [9.17, 15) is 4.79 Å². The van der Waals surface area contributed by atoms with Gasteiger partial charge in [0.05, 0.1) is 0 Å². The lowest BCUT2D eigenvalue weighted by atomic mass is 9.79. The summed E-state index contributed by atoms with van der Waals surface area (Å²) >= 11 is 0. The molecule has 2 rings (SSSR count). The van der Waals surface area contributed by atoms with Crippen molar-refractivity contribution in [3.8, 4) is 0 Å². The van der Waals surface area contributed by atoms with Gasteiger partial charge in [-0.25, -0.2) is 0 Å². The highest BCUT2D eigenvalue weighted by molar-refractivity contribution is 5.82. The fourth-order valence-corrected chi connectivity index (χ4v) is 3.53. The average molecular weight is 249 g/mol. The van der Waals surface area contributed by atoms with Crippen LogP contribution < -0.4 is 0 Å². The van der Waals surface area contributed by atoms with Crippen molar-refractivity contribution >= 4 is 5.78 Å². The molecule has 2 nitrogen and oxygen atoms in total. The molecule has 102 valence electrons. The maximum absolute atomic E-state index is 11.6. The highest BCUT2D eigenvalue weighted by atomic mass is 16.1. The van der Waals surface area contributed by atoms with Crippen molar-refractivity contribution in [2.45, 2.75) is 71.3 Å². The van der Waals surface area contributed by atoms with Crippen molar-refractivity contribution in [1.29, 1.82) is 0 Å². The normalized spacial score (nSPS) is 24.6. The van der Waals surface area contributed by atoms with Crippen LogP contribution >= 0.6 is 0 Å². The topological polar surface area (TPSA) is 20.3 Å². The van der Waals surface area contributed by atoms with Crippen LogP contribution in [-0.2, 0) is 4.79 Å². The number of ketones is 1. The molecule has 0 radical (unpaired) electrons. The standard InChI is InChI=1S/C16H27NO/c1-3-9-17(10-4-2)15-7-5-13-6-8-16(18)12-14(13)11-15/h15H,3-12H2,1-2H3/t15-/m1/s1. The van der Waals surface area contributed by atoms with Gasteiger partial charge in [-0.05, 0) is 51.6 Å². The monoisotopic (exact) mass is 249 g/mol. The van der Waals surface area contributed by atoms with Crippen LogP contribution in [0.1, 0.15) is 65.2 Å². The van der Waals surface area contributed by atoms with Crippen molar-refractivity contribution < 1.29 is 4.79 Å². The zero-order valence-corrected chi connectivity index (χ0v) is 12.0. The Kier molecular flexibility index (Phi) is 4.99. The molecule has 0 fully saturated rings. The van der Waals surface area contributed by atoms with E-state index < -0.39 is 0 Å². The number of allylic oxidation sites excluding steroid dienone is 1. The number of Topliss-reactive ketones (excluding diaryl/α,β-unsaturated/α-hetero) is 1. The van der Waals surface area contributed by atoms with Gasteiger partial charge in [0.1, 0.15) is 5.78 Å². The summed E-state index contributed by atoms with van der Waals surface area (Å²) in [7, 11) is 0. The predicted octanol–water partition coefficient (Wildman–Crippen LogP) is 3.71. The quantitative estimate of drug-likeness (QED) is 0.692. The molecule has 0 aromatic rings. The Morgan fingerprint density at radius 2 is 1.78 bits per heavy atom. The van der Waals surface area contributed by atoms with E-state index in [0.29, 0.717) is 11.8 Å². The van der Waals surface area contributed by atoms with E-state index in [1.165, 1.54) is 50.8 Å². The van der Waals surface area contributed by atoms with Gasteiger partial charge in [0.2, 0.25) is 0 Å². The third-order valence-electron chi connectivity index (χ3n) is 4.42. The Morgan fingerprint density at radius 1 is 1.06 bits per heavy atom. The second-order valence-electron chi connectivity index (χ2n) is 5.86. The lowest BCUT2D eigenvalue weighted by Crippen LogP contribution is -2.39. The van der Waals surface area contributed by atoms with Crippen molar-refractivity contribution in [2.24, 2.45) is 0 Å². The molecule has 0 bridgehead atoms. The third-order valence-corrected chi connectivity index (χ3v) is 4.42. The van der Waals surface area contributed by atoms with Crippen molar-refractivity contribution in [3.63, 3.8) is 0 Å². The third kappa shape index (κ3) is 3.23. The Hall–Kier alpha value is -0.630. The molecule has 0 N–H and O–H groups in total. The van der Waals surface area contributed by atoms with Gasteiger partial charge >= 0.3 is 0 Å². The van der Waals surface area contributed by atoms with E-state index in [2.05, 4.69) is 18.7 Å². The van der Waals surface area contributed by atoms with E-state index in [0.717, 1.165) is 19.3 Å². The fraction of sp³-hybridized carbons (Fsp3) is 0.812. The molecule has 18 heavy (non-hydrogen) atoms. The average Bonchev–Trinajstić information content (AvgIpc) is 2.37. The van der Waals surface area contributed by atoms with Crippen molar-refractivity contribution in [3.05, 3.63) is 11.1 Å². The van der Waals surface area contributed by atoms with E-state index in [1.54, 1.807) is 5.57 Å². The maximum atomic E-state index is 11.6. The zero-order chi connectivity index (χ0) is 13.0. The zero-order valence-electron chi connectivity index (χ0n) is 12.0. The second-order valence-corrected chi connectivity index (χ2v) is 5.86. The molecule has 0 saturated heterocycles. The second kappa shape index (κ2) is 6.51. The highest BCUT2D eigenvalue weighted by Crippen LogP contribution is 2.36. The number of rotatable bonds is 5. The number of carbonyl (C=O) groups is 1. The maximum Gasteiger partial charge on any atom is 0.137 e. The molecule has 0 unspecified atom stereocenters. The molecular formula is C16H27NO. The molecule has 2 aliphatic rings. The Morgan fingerprint density at radius 3 is 2.44 bits per heavy atom. The summed E-state index contributed by atoms with van der Waals surface area (Å²) in [6.07, 6.45) is 8.82. The van der Waals surface area contributed by atoms with Crippen LogP contribution in [0.15, 0.2) is 11.1 Å². The van der Waals surface area contributed by atoms with Crippen LogP contribution in [0.4, 0.5) is 0 Å². The van der Waals surface area contributed by atoms with Gasteiger partial charge in [-0.15, -0.1) is 0 Å². The SMILES string of the molecule is CCCN(CCC)[C@@H]1CCC2=C(CC(=O)CC2)C1. The van der Waals surface area contributed by atoms with Gasteiger partial charge in [0.15, 0.2) is 0 Å². The molecule has 2 heteroatoms. The summed E-state index contributed by atoms with van der Waals surface area (Å²) in [6.45, 7) is 6.96. The predicted molar refractivity (Wildman–Crippen MR) is 75.7 cm³/mol. The Bertz CT molecular complexity index is 326. The lowest BCUT2D eigenvalue weighted by molar-refractivity contribution is -0.118. The van der Waals surface area contributed by atoms with E-state index in [1.807, 2.05) is 0 Å². The summed E-state index contributed by atoms with van der Waals surface area (Å²) in [5.74, 6) is 0.465. The molecule has 0 spiro atoms. The first-order chi connectivity index (χ1) is 8.74. The number of hydrogen-bond donors (Lipinski definition) is 0. The minimum absolute atomic E-state index is 0.465. The van der Waals surface area contributed by atoms with Crippen LogP contribution in [0, 0.1) is 0 Å². The molecule has 0 heterocycles. The largest absolute Gasteiger partial charge is 0.300 e. The summed E-state index contributed by atoms with van der Waals surface area (Å²) in [5, 5.41) is 0. The molecule has 0 aliphatic heterocycles. The number of carbonyl (C=O) groups excluding carboxylic acids is 1. The van der Waals surface area contributed by atoms with Crippen LogP contribution in [0.5, 0.6) is 0 Å². The van der Waals surface area contributed by atoms with Crippen molar-refractivity contribution in [2.75, 3.05) is 13.1 Å². The van der Waals surface area contributed by atoms with Gasteiger partial charge in [-0.2, -0.15) is 0 Å². The van der Waals surface area contributed by atoms with Gasteiger partial charge in [-0.3, -0.25) is 4.79 Å². The first-order valence-corrected chi connectivity index (χ1v) is 7.70. The smallest absolute Gasteiger partial charge is 0.137 e. The summed E-state index contributed by atoms with van der Waals surface area (Å²) in [4.78, 5) is 14.3. The molecule has 1 atom stereocenters. The summed E-state index contributed by atoms with van der Waals surface area (Å²) in [5.41, 5.74) is 3.12. The van der Waals surface area contributed by atoms with Crippen LogP contribution in [-0.4, -0.2) is 29.8 Å². The van der Waals surface area contributed by atoms with Crippen LogP contribution in [0.25, 0.3) is 0 Å². The molecule has 2 aliphatic carbocycles. The summed E-state index contributed by atoms with van der Waals surface area (Å²) in [6, 6.07) is 0.703. The molecular weight excluding hydrogens is 222 g/mol. The Labute approximate surface area is 111 Å². The Balaban J connectivity index is 2.00. The van der Waals surface area contributed by atoms with E-state index >= 15 is 0 Å². The van der Waals surface area contributed by atoms with Crippen molar-refractivity contribution in [1.82, 2.24) is 4.90 Å². The number of nitrogens with zero attached hydrogens (tertiary/aromatic N) is 1. The fourth-order valence-electron chi connectivity index (χ4n) is 3.53. The molecule has 0 saturated carbocycles. The van der Waals surface area contributed by atoms with E-state index in [4.69, 9.17) is 0 Å². The van der Waals surface area contributed by atoms with Gasteiger partial charge in [0, 0.05) is 18.9 Å². The molecule has 0 aromatic carbocycles. The first kappa shape index (κ1) is 13.8. The van der Waals surface area contributed by atoms with Gasteiger partial charge in [-0.1, -0.05) is 25.0 Å². The van der Waals surface area contributed by atoms with E-state index in [-0.39, 0.29) is 0 Å². The van der Waals surface area contributed by atoms with Gasteiger partial charge in [0.25, 0.3) is 0 Å². The molecule has 0 amide bonds. The lowest BCUT2D eigenvalue weighted by Gasteiger charge is -2.37. The highest BCUT2D eigenvalue weighted by Gasteiger charge is 2.28. The van der Waals surface area contributed by atoms with Crippen LogP contribution in [0.2, 0.25) is 0 Å². The van der Waals surface area contributed by atoms with Crippen LogP contribution in [0.3, 0.4) is 0 Å². The summed E-state index contributed by atoms with van der Waals surface area (Å²) < 4.78 is 0. The molecule has 0 aromatic heterocycles. The first-order valence-electron chi connectivity index (χ1n) is 7.70. The number of hydrogen-bond acceptors (Lipinski definition) is 2. The van der Waals surface area contributed by atoms with Gasteiger partial charge < -0.3 is 4.90 Å². The minimum Gasteiger partial charge on any atom is -0.300 e. The minimum atomic E-state index is 0.465.